The standard InChI is InChI=1S/C36H27N3O6S2/c1-43-28-19-25(16-17-27(28)44-20-22-10-4-2-5-11-22)31-30(32(40)29-18-24-14-8-9-15-26(24)45-29)33(41)34(42)39(31)35-37-38-36(47-35)46-21-23-12-6-3-7-13-23/h2-19,31,41H,20-21H2,1H3. The zero-order chi connectivity index (χ0) is 32.3. The molecular weight excluding hydrogens is 635 g/mol. The number of rotatable bonds is 11. The maximum absolute atomic E-state index is 14.1. The Balaban J connectivity index is 1.25. The van der Waals surface area contributed by atoms with Gasteiger partial charge in [0.15, 0.2) is 27.4 Å². The normalized spacial score (nSPS) is 14.6. The number of ketones is 1. The minimum Gasteiger partial charge on any atom is -0.503 e. The predicted molar refractivity (Wildman–Crippen MR) is 180 cm³/mol. The summed E-state index contributed by atoms with van der Waals surface area (Å²) in [6.07, 6.45) is 0. The second-order valence-corrected chi connectivity index (χ2v) is 12.8. The summed E-state index contributed by atoms with van der Waals surface area (Å²) in [5, 5.41) is 20.9. The van der Waals surface area contributed by atoms with Gasteiger partial charge in [-0.25, -0.2) is 0 Å². The average Bonchev–Trinajstić information content (AvgIpc) is 3.83. The third-order valence-electron chi connectivity index (χ3n) is 7.65. The van der Waals surface area contributed by atoms with Crippen molar-refractivity contribution in [3.05, 3.63) is 143 Å². The highest BCUT2D eigenvalue weighted by molar-refractivity contribution is 8.00. The molecule has 0 aliphatic carbocycles. The molecule has 1 unspecified atom stereocenters. The van der Waals surface area contributed by atoms with Gasteiger partial charge in [0.25, 0.3) is 5.91 Å². The van der Waals surface area contributed by atoms with Gasteiger partial charge >= 0.3 is 0 Å². The number of aromatic nitrogens is 2. The van der Waals surface area contributed by atoms with Gasteiger partial charge in [0.2, 0.25) is 10.9 Å². The molecule has 47 heavy (non-hydrogen) atoms. The van der Waals surface area contributed by atoms with E-state index in [-0.39, 0.29) is 16.5 Å². The summed E-state index contributed by atoms with van der Waals surface area (Å²) in [6.45, 7) is 0.315. The van der Waals surface area contributed by atoms with Crippen LogP contribution in [-0.2, 0) is 17.2 Å². The minimum absolute atomic E-state index is 0.00134. The van der Waals surface area contributed by atoms with E-state index in [1.54, 1.807) is 36.4 Å². The van der Waals surface area contributed by atoms with Crippen molar-refractivity contribution in [2.24, 2.45) is 0 Å². The van der Waals surface area contributed by atoms with Crippen molar-refractivity contribution in [2.75, 3.05) is 12.0 Å². The van der Waals surface area contributed by atoms with Crippen LogP contribution in [0.3, 0.4) is 0 Å². The summed E-state index contributed by atoms with van der Waals surface area (Å²) < 4.78 is 18.2. The molecule has 0 bridgehead atoms. The number of furan rings is 1. The van der Waals surface area contributed by atoms with Gasteiger partial charge in [0.1, 0.15) is 12.2 Å². The SMILES string of the molecule is COc1cc(C2C(C(=O)c3cc4ccccc4o3)=C(O)C(=O)N2c2nnc(SCc3ccccc3)s2)ccc1OCc1ccccc1. The summed E-state index contributed by atoms with van der Waals surface area (Å²) in [6, 6.07) is 32.6. The topological polar surface area (TPSA) is 115 Å². The van der Waals surface area contributed by atoms with Crippen molar-refractivity contribution in [2.45, 2.75) is 22.7 Å². The molecular formula is C36H27N3O6S2. The molecule has 4 aromatic carbocycles. The summed E-state index contributed by atoms with van der Waals surface area (Å²) >= 11 is 2.69. The van der Waals surface area contributed by atoms with Gasteiger partial charge in [-0.05, 0) is 41.0 Å². The van der Waals surface area contributed by atoms with Crippen LogP contribution in [0.5, 0.6) is 11.5 Å². The largest absolute Gasteiger partial charge is 0.503 e. The van der Waals surface area contributed by atoms with E-state index in [0.29, 0.717) is 39.3 Å². The number of thioether (sulfide) groups is 1. The molecule has 6 aromatic rings. The van der Waals surface area contributed by atoms with Gasteiger partial charge in [0, 0.05) is 11.1 Å². The molecule has 7 rings (SSSR count). The number of anilines is 1. The summed E-state index contributed by atoms with van der Waals surface area (Å²) in [7, 11) is 1.51. The maximum atomic E-state index is 14.1. The zero-order valence-electron chi connectivity index (χ0n) is 25.0. The number of carbonyl (C=O) groups excluding carboxylic acids is 2. The van der Waals surface area contributed by atoms with Crippen molar-refractivity contribution in [1.29, 1.82) is 0 Å². The number of Topliss-reactive ketones (excluding diaryl/α,β-unsaturated/α-hetero) is 1. The third-order valence-corrected chi connectivity index (χ3v) is 9.78. The number of amides is 1. The number of carbonyl (C=O) groups is 2. The molecule has 2 aromatic heterocycles. The molecule has 0 fully saturated rings. The Hall–Kier alpha value is -5.39. The first-order valence-corrected chi connectivity index (χ1v) is 16.4. The van der Waals surface area contributed by atoms with E-state index in [1.807, 2.05) is 72.8 Å². The second kappa shape index (κ2) is 13.1. The highest BCUT2D eigenvalue weighted by atomic mass is 32.2. The number of aliphatic hydroxyl groups is 1. The van der Waals surface area contributed by atoms with Crippen molar-refractivity contribution in [1.82, 2.24) is 10.2 Å². The Morgan fingerprint density at radius 3 is 2.38 bits per heavy atom. The van der Waals surface area contributed by atoms with E-state index in [2.05, 4.69) is 10.2 Å². The van der Waals surface area contributed by atoms with Gasteiger partial charge in [-0.1, -0.05) is 108 Å². The Kier molecular flexibility index (Phi) is 8.47. The zero-order valence-corrected chi connectivity index (χ0v) is 26.7. The summed E-state index contributed by atoms with van der Waals surface area (Å²) in [5.74, 6) is -0.543. The molecule has 0 saturated carbocycles. The van der Waals surface area contributed by atoms with E-state index in [9.17, 15) is 14.7 Å². The number of para-hydroxylation sites is 1. The van der Waals surface area contributed by atoms with E-state index >= 15 is 0 Å². The van der Waals surface area contributed by atoms with Gasteiger partial charge < -0.3 is 19.0 Å². The first-order chi connectivity index (χ1) is 23.0. The van der Waals surface area contributed by atoms with Crippen LogP contribution in [0.1, 0.15) is 33.3 Å². The van der Waals surface area contributed by atoms with Crippen LogP contribution >= 0.6 is 23.1 Å². The Labute approximate surface area is 278 Å². The lowest BCUT2D eigenvalue weighted by molar-refractivity contribution is -0.117. The van der Waals surface area contributed by atoms with Crippen LogP contribution in [0.2, 0.25) is 0 Å². The summed E-state index contributed by atoms with van der Waals surface area (Å²) in [4.78, 5) is 29.2. The molecule has 0 spiro atoms. The van der Waals surface area contributed by atoms with Crippen LogP contribution < -0.4 is 14.4 Å². The summed E-state index contributed by atoms with van der Waals surface area (Å²) in [5.41, 5.74) is 2.97. The fourth-order valence-corrected chi connectivity index (χ4v) is 7.19. The third kappa shape index (κ3) is 6.10. The number of hydrogen-bond donors (Lipinski definition) is 1. The van der Waals surface area contributed by atoms with E-state index < -0.39 is 23.5 Å². The molecule has 1 amide bonds. The molecule has 1 aliphatic heterocycles. The number of methoxy groups -OCH3 is 1. The van der Waals surface area contributed by atoms with Crippen molar-refractivity contribution >= 4 is 50.9 Å². The quantitative estimate of drug-likeness (QED) is 0.0839. The monoisotopic (exact) mass is 661 g/mol. The molecule has 9 nitrogen and oxygen atoms in total. The number of ether oxygens (including phenoxy) is 2. The fraction of sp³-hybridized carbons (Fsp3) is 0.111. The van der Waals surface area contributed by atoms with E-state index in [4.69, 9.17) is 13.9 Å². The minimum atomic E-state index is -1.06. The van der Waals surface area contributed by atoms with E-state index in [1.165, 1.54) is 35.1 Å². The van der Waals surface area contributed by atoms with Crippen LogP contribution in [0, 0.1) is 0 Å². The number of fused-ring (bicyclic) bond motifs is 1. The van der Waals surface area contributed by atoms with Gasteiger partial charge in [-0.15, -0.1) is 10.2 Å². The van der Waals surface area contributed by atoms with Crippen LogP contribution in [0.4, 0.5) is 5.13 Å². The first-order valence-electron chi connectivity index (χ1n) is 14.6. The molecule has 0 saturated heterocycles. The highest BCUT2D eigenvalue weighted by Gasteiger charge is 2.47. The highest BCUT2D eigenvalue weighted by Crippen LogP contribution is 2.46. The molecule has 1 N–H and O–H groups in total. The molecule has 0 radical (unpaired) electrons. The number of benzene rings is 4. The molecule has 234 valence electrons. The van der Waals surface area contributed by atoms with Gasteiger partial charge in [-0.3, -0.25) is 14.5 Å². The smallest absolute Gasteiger partial charge is 0.296 e. The average molecular weight is 662 g/mol. The Bertz CT molecular complexity index is 2080. The van der Waals surface area contributed by atoms with Crippen LogP contribution in [0.25, 0.3) is 11.0 Å². The first kappa shape index (κ1) is 30.3. The number of hydrogen-bond acceptors (Lipinski definition) is 10. The predicted octanol–water partition coefficient (Wildman–Crippen LogP) is 7.95. The lowest BCUT2D eigenvalue weighted by atomic mass is 9.95. The second-order valence-electron chi connectivity index (χ2n) is 10.6. The fourth-order valence-electron chi connectivity index (χ4n) is 5.36. The van der Waals surface area contributed by atoms with Crippen LogP contribution in [0.15, 0.2) is 129 Å². The van der Waals surface area contributed by atoms with E-state index in [0.717, 1.165) is 16.5 Å². The Morgan fingerprint density at radius 1 is 0.915 bits per heavy atom. The number of nitrogens with zero attached hydrogens (tertiary/aromatic N) is 3. The lowest BCUT2D eigenvalue weighted by Crippen LogP contribution is -2.31. The van der Waals surface area contributed by atoms with Crippen molar-refractivity contribution < 1.29 is 28.6 Å². The number of aliphatic hydroxyl groups excluding tert-OH is 1. The Morgan fingerprint density at radius 2 is 1.64 bits per heavy atom. The van der Waals surface area contributed by atoms with Gasteiger partial charge in [-0.2, -0.15) is 0 Å². The van der Waals surface area contributed by atoms with Crippen LogP contribution in [-0.4, -0.2) is 34.1 Å². The molecule has 3 heterocycles. The maximum Gasteiger partial charge on any atom is 0.296 e. The molecule has 1 atom stereocenters. The lowest BCUT2D eigenvalue weighted by Gasteiger charge is -2.24. The molecule has 11 heteroatoms. The van der Waals surface area contributed by atoms with Crippen molar-refractivity contribution in [3.63, 3.8) is 0 Å². The molecule has 1 aliphatic rings. The van der Waals surface area contributed by atoms with Gasteiger partial charge in [0.05, 0.1) is 18.7 Å². The van der Waals surface area contributed by atoms with Crippen molar-refractivity contribution in [3.8, 4) is 11.5 Å².